The monoisotopic (exact) mass is 292 g/mol. The second-order valence-corrected chi connectivity index (χ2v) is 7.27. The van der Waals surface area contributed by atoms with Crippen LogP contribution in [0.4, 0.5) is 0 Å². The van der Waals surface area contributed by atoms with E-state index in [1.807, 2.05) is 24.0 Å². The Labute approximate surface area is 123 Å². The highest BCUT2D eigenvalue weighted by Gasteiger charge is 2.38. The van der Waals surface area contributed by atoms with Gasteiger partial charge in [0, 0.05) is 30.9 Å². The normalized spacial score (nSPS) is 21.9. The molecule has 0 aliphatic carbocycles. The third kappa shape index (κ3) is 2.59. The van der Waals surface area contributed by atoms with Crippen molar-refractivity contribution in [3.05, 3.63) is 21.9 Å². The van der Waals surface area contributed by atoms with Gasteiger partial charge in [0.2, 0.25) is 5.91 Å². The van der Waals surface area contributed by atoms with Gasteiger partial charge in [-0.2, -0.15) is 0 Å². The first-order valence-electron chi connectivity index (χ1n) is 7.20. The van der Waals surface area contributed by atoms with E-state index in [0.717, 1.165) is 43.8 Å². The van der Waals surface area contributed by atoms with Crippen molar-refractivity contribution in [2.45, 2.75) is 32.6 Å². The van der Waals surface area contributed by atoms with Gasteiger partial charge in [-0.05, 0) is 43.7 Å². The van der Waals surface area contributed by atoms with E-state index in [9.17, 15) is 9.59 Å². The van der Waals surface area contributed by atoms with Crippen LogP contribution >= 0.6 is 11.3 Å². The first-order chi connectivity index (χ1) is 9.58. The van der Waals surface area contributed by atoms with E-state index in [4.69, 9.17) is 0 Å². The van der Waals surface area contributed by atoms with Crippen LogP contribution in [0.2, 0.25) is 0 Å². The molecule has 20 heavy (non-hydrogen) atoms. The molecule has 1 aromatic rings. The Morgan fingerprint density at radius 2 is 2.05 bits per heavy atom. The minimum Gasteiger partial charge on any atom is -0.356 e. The van der Waals surface area contributed by atoms with Gasteiger partial charge in [0.25, 0.3) is 5.91 Å². The lowest BCUT2D eigenvalue weighted by molar-refractivity contribution is -0.125. The summed E-state index contributed by atoms with van der Waals surface area (Å²) in [5.41, 5.74) is 0.232. The number of nitrogens with one attached hydrogen (secondary N) is 1. The number of hydrogen-bond donors (Lipinski definition) is 1. The maximum absolute atomic E-state index is 12.4. The minimum atomic E-state index is 0.165. The maximum Gasteiger partial charge on any atom is 0.263 e. The predicted molar refractivity (Wildman–Crippen MR) is 78.9 cm³/mol. The van der Waals surface area contributed by atoms with Crippen LogP contribution in [-0.2, 0) is 4.79 Å². The van der Waals surface area contributed by atoms with Crippen molar-refractivity contribution in [3.63, 3.8) is 0 Å². The molecule has 0 radical (unpaired) electrons. The second kappa shape index (κ2) is 5.20. The van der Waals surface area contributed by atoms with Crippen LogP contribution in [0.3, 0.4) is 0 Å². The molecule has 1 aromatic heterocycles. The molecule has 5 heteroatoms. The molecule has 4 nitrogen and oxygen atoms in total. The molecule has 0 aromatic carbocycles. The van der Waals surface area contributed by atoms with E-state index in [2.05, 4.69) is 5.32 Å². The number of piperidine rings is 2. The Hall–Kier alpha value is -1.36. The summed E-state index contributed by atoms with van der Waals surface area (Å²) in [6.45, 7) is 4.43. The molecule has 2 aliphatic rings. The van der Waals surface area contributed by atoms with Crippen molar-refractivity contribution in [2.75, 3.05) is 19.6 Å². The fraction of sp³-hybridized carbons (Fsp3) is 0.600. The number of carbonyl (C=O) groups is 2. The highest BCUT2D eigenvalue weighted by atomic mass is 32.1. The lowest BCUT2D eigenvalue weighted by Gasteiger charge is -2.44. The van der Waals surface area contributed by atoms with Crippen LogP contribution in [0, 0.1) is 12.3 Å². The zero-order valence-electron chi connectivity index (χ0n) is 11.8. The van der Waals surface area contributed by atoms with Gasteiger partial charge < -0.3 is 10.2 Å². The molecule has 2 saturated heterocycles. The standard InChI is InChI=1S/C15H20N2O2S/c1-11-2-3-12(20-11)14(19)17-8-6-15(7-9-17)5-4-13(18)16-10-15/h2-3H,4-10H2,1H3,(H,16,18). The Bertz CT molecular complexity index is 518. The van der Waals surface area contributed by atoms with E-state index in [-0.39, 0.29) is 17.2 Å². The zero-order valence-corrected chi connectivity index (χ0v) is 12.6. The van der Waals surface area contributed by atoms with Crippen LogP contribution in [-0.4, -0.2) is 36.3 Å². The summed E-state index contributed by atoms with van der Waals surface area (Å²) in [4.78, 5) is 27.7. The number of thiophene rings is 1. The van der Waals surface area contributed by atoms with Crippen molar-refractivity contribution in [1.29, 1.82) is 0 Å². The maximum atomic E-state index is 12.4. The fourth-order valence-electron chi connectivity index (χ4n) is 3.16. The third-order valence-corrected chi connectivity index (χ3v) is 5.59. The van der Waals surface area contributed by atoms with E-state index < -0.39 is 0 Å². The van der Waals surface area contributed by atoms with Crippen molar-refractivity contribution in [1.82, 2.24) is 10.2 Å². The Morgan fingerprint density at radius 1 is 1.30 bits per heavy atom. The smallest absolute Gasteiger partial charge is 0.263 e. The molecule has 3 heterocycles. The van der Waals surface area contributed by atoms with Crippen LogP contribution in [0.1, 0.15) is 40.2 Å². The van der Waals surface area contributed by atoms with E-state index in [0.29, 0.717) is 6.42 Å². The summed E-state index contributed by atoms with van der Waals surface area (Å²) < 4.78 is 0. The van der Waals surface area contributed by atoms with E-state index in [1.54, 1.807) is 11.3 Å². The molecular weight excluding hydrogens is 272 g/mol. The molecule has 2 amide bonds. The van der Waals surface area contributed by atoms with Gasteiger partial charge in [-0.3, -0.25) is 9.59 Å². The summed E-state index contributed by atoms with van der Waals surface area (Å²) in [6, 6.07) is 3.92. The average Bonchev–Trinajstić information content (AvgIpc) is 2.89. The average molecular weight is 292 g/mol. The number of rotatable bonds is 1. The predicted octanol–water partition coefficient (Wildman–Crippen LogP) is 2.19. The van der Waals surface area contributed by atoms with Gasteiger partial charge in [-0.1, -0.05) is 0 Å². The molecule has 2 fully saturated rings. The van der Waals surface area contributed by atoms with Gasteiger partial charge in [-0.25, -0.2) is 0 Å². The van der Waals surface area contributed by atoms with Crippen molar-refractivity contribution in [2.24, 2.45) is 5.41 Å². The highest BCUT2D eigenvalue weighted by Crippen LogP contribution is 2.38. The topological polar surface area (TPSA) is 49.4 Å². The van der Waals surface area contributed by atoms with Crippen molar-refractivity contribution < 1.29 is 9.59 Å². The molecule has 108 valence electrons. The summed E-state index contributed by atoms with van der Waals surface area (Å²) in [6.07, 6.45) is 3.61. The summed E-state index contributed by atoms with van der Waals surface area (Å²) in [5.74, 6) is 0.334. The molecule has 0 bridgehead atoms. The second-order valence-electron chi connectivity index (χ2n) is 5.98. The Balaban J connectivity index is 1.61. The van der Waals surface area contributed by atoms with Gasteiger partial charge >= 0.3 is 0 Å². The molecule has 1 spiro atoms. The number of likely N-dealkylation sites (tertiary alicyclic amines) is 1. The number of amides is 2. The van der Waals surface area contributed by atoms with Crippen molar-refractivity contribution in [3.8, 4) is 0 Å². The minimum absolute atomic E-state index is 0.165. The lowest BCUT2D eigenvalue weighted by Crippen LogP contribution is -2.50. The molecule has 0 unspecified atom stereocenters. The lowest BCUT2D eigenvalue weighted by atomic mass is 9.73. The third-order valence-electron chi connectivity index (χ3n) is 4.61. The van der Waals surface area contributed by atoms with Crippen LogP contribution in [0.15, 0.2) is 12.1 Å². The van der Waals surface area contributed by atoms with Gasteiger partial charge in [0.1, 0.15) is 0 Å². The molecular formula is C15H20N2O2S. The number of hydrogen-bond acceptors (Lipinski definition) is 3. The first-order valence-corrected chi connectivity index (χ1v) is 8.02. The molecule has 2 aliphatic heterocycles. The fourth-order valence-corrected chi connectivity index (χ4v) is 3.99. The number of nitrogens with zero attached hydrogens (tertiary/aromatic N) is 1. The SMILES string of the molecule is Cc1ccc(C(=O)N2CCC3(CCC(=O)NC3)CC2)s1. The van der Waals surface area contributed by atoms with E-state index in [1.165, 1.54) is 4.88 Å². The quantitative estimate of drug-likeness (QED) is 0.862. The number of aryl methyl sites for hydroxylation is 1. The molecule has 0 atom stereocenters. The summed E-state index contributed by atoms with van der Waals surface area (Å²) in [7, 11) is 0. The zero-order chi connectivity index (χ0) is 14.2. The van der Waals surface area contributed by atoms with Crippen LogP contribution in [0.5, 0.6) is 0 Å². The first kappa shape index (κ1) is 13.6. The summed E-state index contributed by atoms with van der Waals surface area (Å²) in [5, 5.41) is 2.98. The van der Waals surface area contributed by atoms with E-state index >= 15 is 0 Å². The number of carbonyl (C=O) groups excluding carboxylic acids is 2. The molecule has 1 N–H and O–H groups in total. The molecule has 0 saturated carbocycles. The van der Waals surface area contributed by atoms with Crippen molar-refractivity contribution >= 4 is 23.2 Å². The van der Waals surface area contributed by atoms with Gasteiger partial charge in [-0.15, -0.1) is 11.3 Å². The molecule has 3 rings (SSSR count). The highest BCUT2D eigenvalue weighted by molar-refractivity contribution is 7.13. The van der Waals surface area contributed by atoms with Crippen LogP contribution in [0.25, 0.3) is 0 Å². The van der Waals surface area contributed by atoms with Crippen LogP contribution < -0.4 is 5.32 Å². The Morgan fingerprint density at radius 3 is 2.60 bits per heavy atom. The Kier molecular flexibility index (Phi) is 3.54. The van der Waals surface area contributed by atoms with Gasteiger partial charge in [0.05, 0.1) is 4.88 Å². The van der Waals surface area contributed by atoms with Gasteiger partial charge in [0.15, 0.2) is 0 Å². The largest absolute Gasteiger partial charge is 0.356 e. The summed E-state index contributed by atoms with van der Waals surface area (Å²) >= 11 is 1.57.